The molecule has 1 saturated carbocycles. The van der Waals surface area contributed by atoms with Crippen LogP contribution in [0.25, 0.3) is 0 Å². The fraction of sp³-hybridized carbons (Fsp3) is 0.548. The first-order chi connectivity index (χ1) is 17.3. The highest BCUT2D eigenvalue weighted by Crippen LogP contribution is 2.35. The molecular formula is C31H48N2O3. The normalized spacial score (nSPS) is 17.3. The number of hydrogen-bond acceptors (Lipinski definition) is 3. The molecule has 2 N–H and O–H groups in total. The van der Waals surface area contributed by atoms with E-state index in [0.29, 0.717) is 6.41 Å². The summed E-state index contributed by atoms with van der Waals surface area (Å²) >= 11 is 0. The molecule has 200 valence electrons. The first kappa shape index (κ1) is 31.2. The number of carbonyl (C=O) groups excluding carboxylic acids is 2. The average Bonchev–Trinajstić information content (AvgIpc) is 2.90. The summed E-state index contributed by atoms with van der Waals surface area (Å²) in [5.41, 5.74) is 5.27. The minimum Gasteiger partial charge on any atom is -0.496 e. The molecule has 0 aliphatic heterocycles. The van der Waals surface area contributed by atoms with Crippen LogP contribution in [0.1, 0.15) is 83.4 Å². The predicted molar refractivity (Wildman–Crippen MR) is 153 cm³/mol. The summed E-state index contributed by atoms with van der Waals surface area (Å²) in [5, 5.41) is 5.75. The molecule has 1 aliphatic carbocycles. The van der Waals surface area contributed by atoms with Gasteiger partial charge in [0.25, 0.3) is 0 Å². The predicted octanol–water partition coefficient (Wildman–Crippen LogP) is 7.95. The Morgan fingerprint density at radius 3 is 2.25 bits per heavy atom. The van der Waals surface area contributed by atoms with Crippen LogP contribution in [0.5, 0.6) is 5.75 Å². The molecule has 3 rings (SSSR count). The van der Waals surface area contributed by atoms with Crippen molar-refractivity contribution in [2.24, 2.45) is 17.8 Å². The van der Waals surface area contributed by atoms with Gasteiger partial charge in [0.1, 0.15) is 5.75 Å². The van der Waals surface area contributed by atoms with E-state index < -0.39 is 0 Å². The quantitative estimate of drug-likeness (QED) is 0.364. The first-order valence-corrected chi connectivity index (χ1v) is 13.6. The van der Waals surface area contributed by atoms with Crippen LogP contribution in [0.2, 0.25) is 0 Å². The summed E-state index contributed by atoms with van der Waals surface area (Å²) < 4.78 is 5.25. The topological polar surface area (TPSA) is 67.4 Å². The molecule has 36 heavy (non-hydrogen) atoms. The first-order valence-electron chi connectivity index (χ1n) is 13.6. The maximum Gasteiger partial charge on any atom is 0.227 e. The molecule has 0 heterocycles. The zero-order valence-electron chi connectivity index (χ0n) is 23.7. The molecule has 0 aromatic heterocycles. The van der Waals surface area contributed by atoms with Gasteiger partial charge in [0.05, 0.1) is 7.11 Å². The minimum atomic E-state index is 0.169. The second-order valence-corrected chi connectivity index (χ2v) is 9.39. The Bertz CT molecular complexity index is 933. The van der Waals surface area contributed by atoms with Crippen molar-refractivity contribution in [3.05, 3.63) is 53.1 Å². The smallest absolute Gasteiger partial charge is 0.227 e. The average molecular weight is 497 g/mol. The van der Waals surface area contributed by atoms with Crippen LogP contribution >= 0.6 is 0 Å². The van der Waals surface area contributed by atoms with E-state index in [2.05, 4.69) is 44.4 Å². The van der Waals surface area contributed by atoms with Crippen LogP contribution in [0, 0.1) is 31.6 Å². The van der Waals surface area contributed by atoms with Gasteiger partial charge in [-0.05, 0) is 98.7 Å². The lowest BCUT2D eigenvalue weighted by atomic mass is 9.75. The zero-order chi connectivity index (χ0) is 27.1. The molecule has 2 aromatic rings. The summed E-state index contributed by atoms with van der Waals surface area (Å²) in [6.07, 6.45) is 7.33. The monoisotopic (exact) mass is 496 g/mol. The Kier molecular flexibility index (Phi) is 14.5. The third kappa shape index (κ3) is 9.33. The number of ether oxygens (including phenoxy) is 1. The number of methoxy groups -OCH3 is 1. The van der Waals surface area contributed by atoms with Crippen molar-refractivity contribution in [1.82, 2.24) is 0 Å². The van der Waals surface area contributed by atoms with Gasteiger partial charge in [0, 0.05) is 17.3 Å². The van der Waals surface area contributed by atoms with Gasteiger partial charge in [-0.3, -0.25) is 9.59 Å². The highest BCUT2D eigenvalue weighted by molar-refractivity contribution is 5.92. The van der Waals surface area contributed by atoms with Gasteiger partial charge in [0.2, 0.25) is 12.3 Å². The summed E-state index contributed by atoms with van der Waals surface area (Å²) in [6, 6.07) is 11.7. The molecule has 0 spiro atoms. The van der Waals surface area contributed by atoms with Crippen molar-refractivity contribution in [2.75, 3.05) is 17.7 Å². The van der Waals surface area contributed by atoms with E-state index in [1.165, 1.54) is 30.4 Å². The molecular weight excluding hydrogens is 448 g/mol. The lowest BCUT2D eigenvalue weighted by Gasteiger charge is -2.31. The Morgan fingerprint density at radius 2 is 1.72 bits per heavy atom. The number of hydrogen-bond donors (Lipinski definition) is 2. The van der Waals surface area contributed by atoms with E-state index >= 15 is 0 Å². The van der Waals surface area contributed by atoms with Gasteiger partial charge in [0.15, 0.2) is 0 Å². The molecule has 1 fully saturated rings. The number of amides is 2. The van der Waals surface area contributed by atoms with E-state index in [1.54, 1.807) is 7.11 Å². The minimum absolute atomic E-state index is 0.169. The molecule has 0 radical (unpaired) electrons. The van der Waals surface area contributed by atoms with Gasteiger partial charge in [-0.1, -0.05) is 53.2 Å². The molecule has 5 nitrogen and oxygen atoms in total. The standard InChI is InChI=1S/C19H29NO2.C10H13NO.C2H6/c1-5-13(2)15-6-8-16(9-7-15)19(21)20-17-10-11-18(22-4)14(3)12-17;1-3-9-8(2)5-4-6-10(9)11-7-12;1-2/h10-13,15-16H,5-9H2,1-4H3,(H,20,21);4-7H,3H2,1-2H3,(H,11,12);1-2H3. The molecule has 1 atom stereocenters. The molecule has 0 bridgehead atoms. The van der Waals surface area contributed by atoms with Crippen molar-refractivity contribution in [2.45, 2.75) is 87.0 Å². The maximum atomic E-state index is 12.4. The highest BCUT2D eigenvalue weighted by Gasteiger charge is 2.28. The summed E-state index contributed by atoms with van der Waals surface area (Å²) in [5.74, 6) is 2.78. The molecule has 5 heteroatoms. The largest absolute Gasteiger partial charge is 0.496 e. The SMILES string of the molecule is CC.CCC(C)C1CCC(C(=O)Nc2ccc(OC)c(C)c2)CC1.CCc1c(C)cccc1NC=O. The Morgan fingerprint density at radius 1 is 1.06 bits per heavy atom. The van der Waals surface area contributed by atoms with Crippen LogP contribution in [0.4, 0.5) is 11.4 Å². The molecule has 1 unspecified atom stereocenters. The molecule has 2 amide bonds. The van der Waals surface area contributed by atoms with Crippen molar-refractivity contribution < 1.29 is 14.3 Å². The van der Waals surface area contributed by atoms with Crippen molar-refractivity contribution in [3.63, 3.8) is 0 Å². The van der Waals surface area contributed by atoms with Crippen LogP contribution in [0.15, 0.2) is 36.4 Å². The number of anilines is 2. The Hall–Kier alpha value is -2.82. The lowest BCUT2D eigenvalue weighted by Crippen LogP contribution is -2.28. The summed E-state index contributed by atoms with van der Waals surface area (Å²) in [7, 11) is 1.66. The molecule has 1 aliphatic rings. The second-order valence-electron chi connectivity index (χ2n) is 9.39. The third-order valence-electron chi connectivity index (χ3n) is 7.23. The Balaban J connectivity index is 0.000000391. The van der Waals surface area contributed by atoms with Crippen LogP contribution < -0.4 is 15.4 Å². The van der Waals surface area contributed by atoms with Crippen molar-refractivity contribution in [3.8, 4) is 5.75 Å². The molecule has 2 aromatic carbocycles. The van der Waals surface area contributed by atoms with Crippen molar-refractivity contribution in [1.29, 1.82) is 0 Å². The summed E-state index contributed by atoms with van der Waals surface area (Å²) in [6.45, 7) is 14.7. The van der Waals surface area contributed by atoms with E-state index in [4.69, 9.17) is 4.74 Å². The summed E-state index contributed by atoms with van der Waals surface area (Å²) in [4.78, 5) is 22.7. The van der Waals surface area contributed by atoms with Gasteiger partial charge in [-0.25, -0.2) is 0 Å². The fourth-order valence-electron chi connectivity index (χ4n) is 4.85. The van der Waals surface area contributed by atoms with Crippen LogP contribution in [0.3, 0.4) is 0 Å². The fourth-order valence-corrected chi connectivity index (χ4v) is 4.85. The number of benzene rings is 2. The van der Waals surface area contributed by atoms with Crippen molar-refractivity contribution >= 4 is 23.7 Å². The number of rotatable bonds is 8. The van der Waals surface area contributed by atoms with Gasteiger partial charge >= 0.3 is 0 Å². The van der Waals surface area contributed by atoms with E-state index in [0.717, 1.165) is 53.8 Å². The molecule has 0 saturated heterocycles. The maximum absolute atomic E-state index is 12.4. The van der Waals surface area contributed by atoms with E-state index in [9.17, 15) is 9.59 Å². The van der Waals surface area contributed by atoms with E-state index in [1.807, 2.05) is 51.1 Å². The third-order valence-corrected chi connectivity index (χ3v) is 7.23. The van der Waals surface area contributed by atoms with Crippen LogP contribution in [-0.2, 0) is 16.0 Å². The zero-order valence-corrected chi connectivity index (χ0v) is 23.7. The van der Waals surface area contributed by atoms with Gasteiger partial charge < -0.3 is 15.4 Å². The highest BCUT2D eigenvalue weighted by atomic mass is 16.5. The number of carbonyl (C=O) groups is 2. The van der Waals surface area contributed by atoms with E-state index in [-0.39, 0.29) is 11.8 Å². The number of nitrogens with one attached hydrogen (secondary N) is 2. The van der Waals surface area contributed by atoms with Gasteiger partial charge in [-0.15, -0.1) is 0 Å². The van der Waals surface area contributed by atoms with Gasteiger partial charge in [-0.2, -0.15) is 0 Å². The Labute approximate surface area is 219 Å². The lowest BCUT2D eigenvalue weighted by molar-refractivity contribution is -0.121. The second kappa shape index (κ2) is 16.8. The number of aryl methyl sites for hydroxylation is 2. The van der Waals surface area contributed by atoms with Crippen LogP contribution in [-0.4, -0.2) is 19.4 Å².